The maximum atomic E-state index is 10.6. The van der Waals surface area contributed by atoms with E-state index >= 15 is 0 Å². The number of hydrogen-bond donors (Lipinski definition) is 1. The van der Waals surface area contributed by atoms with Crippen molar-refractivity contribution in [1.29, 1.82) is 0 Å². The molecule has 1 saturated heterocycles. The van der Waals surface area contributed by atoms with Crippen LogP contribution in [0, 0.1) is 0 Å². The Labute approximate surface area is 123 Å². The van der Waals surface area contributed by atoms with Gasteiger partial charge in [0.1, 0.15) is 5.75 Å². The van der Waals surface area contributed by atoms with Gasteiger partial charge in [-0.1, -0.05) is 42.5 Å². The van der Waals surface area contributed by atoms with Crippen LogP contribution in [-0.2, 0) is 4.79 Å². The summed E-state index contributed by atoms with van der Waals surface area (Å²) in [5.74, 6) is 0.195. The Kier molecular flexibility index (Phi) is 3.77. The number of hydrogen-bond acceptors (Lipinski definition) is 3. The molecule has 0 aliphatic carbocycles. The van der Waals surface area contributed by atoms with Gasteiger partial charge in [-0.2, -0.15) is 0 Å². The fraction of sp³-hybridized carbons (Fsp3) is 0.235. The van der Waals surface area contributed by atoms with Crippen LogP contribution in [0.25, 0.3) is 0 Å². The molecule has 1 aliphatic rings. The zero-order valence-corrected chi connectivity index (χ0v) is 11.6. The van der Waals surface area contributed by atoms with Gasteiger partial charge in [-0.25, -0.2) is 4.79 Å². The van der Waals surface area contributed by atoms with Gasteiger partial charge in [-0.15, -0.1) is 0 Å². The first-order chi connectivity index (χ1) is 10.2. The van der Waals surface area contributed by atoms with Crippen molar-refractivity contribution in [3.8, 4) is 5.75 Å². The van der Waals surface area contributed by atoms with E-state index in [2.05, 4.69) is 29.2 Å². The van der Waals surface area contributed by atoms with Crippen LogP contribution >= 0.6 is 0 Å². The van der Waals surface area contributed by atoms with E-state index in [1.807, 2.05) is 30.3 Å². The Hall–Kier alpha value is -2.49. The highest BCUT2D eigenvalue weighted by Gasteiger charge is 2.29. The number of carboxylic acids is 1. The molecular formula is C17H17NO3. The molecule has 0 unspecified atom stereocenters. The second-order valence-corrected chi connectivity index (χ2v) is 5.16. The van der Waals surface area contributed by atoms with Gasteiger partial charge in [-0.05, 0) is 17.7 Å². The molecule has 0 bridgehead atoms. The molecule has 0 aromatic heterocycles. The number of carboxylic acid groups (broad SMARTS) is 1. The van der Waals surface area contributed by atoms with Crippen LogP contribution in [-0.4, -0.2) is 30.8 Å². The smallest absolute Gasteiger partial charge is 0.341 e. The molecule has 2 aromatic carbocycles. The average Bonchev–Trinajstić information content (AvgIpc) is 2.46. The molecule has 3 rings (SSSR count). The van der Waals surface area contributed by atoms with E-state index in [4.69, 9.17) is 9.84 Å². The van der Waals surface area contributed by atoms with Gasteiger partial charge in [0.2, 0.25) is 0 Å². The SMILES string of the molecule is O=C(O)COc1ccccc1N1CC(c2ccccc2)C1. The van der Waals surface area contributed by atoms with Gasteiger partial charge in [0, 0.05) is 19.0 Å². The second kappa shape index (κ2) is 5.87. The van der Waals surface area contributed by atoms with Gasteiger partial charge in [0.05, 0.1) is 5.69 Å². The Morgan fingerprint density at radius 2 is 1.76 bits per heavy atom. The molecule has 108 valence electrons. The first kappa shape index (κ1) is 13.5. The number of rotatable bonds is 5. The Morgan fingerprint density at radius 1 is 1.10 bits per heavy atom. The molecular weight excluding hydrogens is 266 g/mol. The lowest BCUT2D eigenvalue weighted by molar-refractivity contribution is -0.139. The third kappa shape index (κ3) is 2.99. The van der Waals surface area contributed by atoms with Crippen LogP contribution in [0.15, 0.2) is 54.6 Å². The lowest BCUT2D eigenvalue weighted by Gasteiger charge is -2.42. The summed E-state index contributed by atoms with van der Waals surface area (Å²) in [7, 11) is 0. The maximum absolute atomic E-state index is 10.6. The van der Waals surface area contributed by atoms with Crippen molar-refractivity contribution in [3.63, 3.8) is 0 Å². The Morgan fingerprint density at radius 3 is 2.48 bits per heavy atom. The standard InChI is InChI=1S/C17H17NO3/c19-17(20)12-21-16-9-5-4-8-15(16)18-10-14(11-18)13-6-2-1-3-7-13/h1-9,14H,10-12H2,(H,19,20). The molecule has 0 atom stereocenters. The number of anilines is 1. The summed E-state index contributed by atoms with van der Waals surface area (Å²) >= 11 is 0. The Balaban J connectivity index is 1.68. The van der Waals surface area contributed by atoms with Gasteiger partial charge in [0.15, 0.2) is 6.61 Å². The Bertz CT molecular complexity index is 621. The summed E-state index contributed by atoms with van der Waals surface area (Å²) < 4.78 is 5.36. The number of ether oxygens (including phenoxy) is 1. The van der Waals surface area contributed by atoms with Crippen LogP contribution in [0.3, 0.4) is 0 Å². The minimum Gasteiger partial charge on any atom is -0.480 e. The molecule has 4 nitrogen and oxygen atoms in total. The molecule has 4 heteroatoms. The van der Waals surface area contributed by atoms with E-state index in [0.717, 1.165) is 18.8 Å². The molecule has 0 radical (unpaired) electrons. The van der Waals surface area contributed by atoms with Crippen molar-refractivity contribution < 1.29 is 14.6 Å². The lowest BCUT2D eigenvalue weighted by Crippen LogP contribution is -2.45. The normalized spacial score (nSPS) is 14.6. The zero-order chi connectivity index (χ0) is 14.7. The molecule has 2 aromatic rings. The molecule has 1 fully saturated rings. The summed E-state index contributed by atoms with van der Waals surface area (Å²) in [6.07, 6.45) is 0. The minimum atomic E-state index is -0.962. The van der Waals surface area contributed by atoms with Crippen molar-refractivity contribution in [1.82, 2.24) is 0 Å². The van der Waals surface area contributed by atoms with E-state index in [1.165, 1.54) is 5.56 Å². The van der Waals surface area contributed by atoms with Gasteiger partial charge in [0.25, 0.3) is 0 Å². The van der Waals surface area contributed by atoms with Gasteiger partial charge >= 0.3 is 5.97 Å². The highest BCUT2D eigenvalue weighted by Crippen LogP contribution is 2.36. The van der Waals surface area contributed by atoms with E-state index in [0.29, 0.717) is 11.7 Å². The fourth-order valence-electron chi connectivity index (χ4n) is 2.59. The van der Waals surface area contributed by atoms with Crippen LogP contribution in [0.2, 0.25) is 0 Å². The van der Waals surface area contributed by atoms with Gasteiger partial charge < -0.3 is 14.7 Å². The molecule has 0 saturated carbocycles. The van der Waals surface area contributed by atoms with Crippen molar-refractivity contribution in [2.24, 2.45) is 0 Å². The number of aliphatic carboxylic acids is 1. The summed E-state index contributed by atoms with van der Waals surface area (Å²) in [5, 5.41) is 8.73. The topological polar surface area (TPSA) is 49.8 Å². The number of para-hydroxylation sites is 2. The molecule has 0 spiro atoms. The average molecular weight is 283 g/mol. The number of nitrogens with zero attached hydrogens (tertiary/aromatic N) is 1. The largest absolute Gasteiger partial charge is 0.480 e. The molecule has 1 N–H and O–H groups in total. The lowest BCUT2D eigenvalue weighted by atomic mass is 9.91. The highest BCUT2D eigenvalue weighted by atomic mass is 16.5. The van der Waals surface area contributed by atoms with E-state index in [-0.39, 0.29) is 6.61 Å². The van der Waals surface area contributed by atoms with Gasteiger partial charge in [-0.3, -0.25) is 0 Å². The van der Waals surface area contributed by atoms with Crippen LogP contribution < -0.4 is 9.64 Å². The monoisotopic (exact) mass is 283 g/mol. The maximum Gasteiger partial charge on any atom is 0.341 e. The summed E-state index contributed by atoms with van der Waals surface area (Å²) in [4.78, 5) is 12.9. The fourth-order valence-corrected chi connectivity index (χ4v) is 2.59. The van der Waals surface area contributed by atoms with E-state index in [9.17, 15) is 4.79 Å². The first-order valence-corrected chi connectivity index (χ1v) is 6.97. The van der Waals surface area contributed by atoms with Crippen LogP contribution in [0.1, 0.15) is 11.5 Å². The quantitative estimate of drug-likeness (QED) is 0.916. The third-order valence-corrected chi connectivity index (χ3v) is 3.71. The van der Waals surface area contributed by atoms with Crippen LogP contribution in [0.4, 0.5) is 5.69 Å². The summed E-state index contributed by atoms with van der Waals surface area (Å²) in [6, 6.07) is 18.0. The van der Waals surface area contributed by atoms with E-state index in [1.54, 1.807) is 0 Å². The molecule has 1 aliphatic heterocycles. The molecule has 1 heterocycles. The first-order valence-electron chi connectivity index (χ1n) is 6.97. The highest BCUT2D eigenvalue weighted by molar-refractivity contribution is 5.69. The van der Waals surface area contributed by atoms with Crippen molar-refractivity contribution >= 4 is 11.7 Å². The third-order valence-electron chi connectivity index (χ3n) is 3.71. The van der Waals surface area contributed by atoms with E-state index < -0.39 is 5.97 Å². The zero-order valence-electron chi connectivity index (χ0n) is 11.6. The summed E-state index contributed by atoms with van der Waals surface area (Å²) in [6.45, 7) is 1.54. The van der Waals surface area contributed by atoms with Crippen LogP contribution in [0.5, 0.6) is 5.75 Å². The molecule has 0 amide bonds. The molecule has 21 heavy (non-hydrogen) atoms. The van der Waals surface area contributed by atoms with Crippen molar-refractivity contribution in [2.75, 3.05) is 24.6 Å². The summed E-state index contributed by atoms with van der Waals surface area (Å²) in [5.41, 5.74) is 2.31. The number of carbonyl (C=O) groups is 1. The van der Waals surface area contributed by atoms with Crippen molar-refractivity contribution in [3.05, 3.63) is 60.2 Å². The number of benzene rings is 2. The second-order valence-electron chi connectivity index (χ2n) is 5.16. The minimum absolute atomic E-state index is 0.313. The predicted molar refractivity (Wildman–Crippen MR) is 81.0 cm³/mol. The van der Waals surface area contributed by atoms with Crippen molar-refractivity contribution in [2.45, 2.75) is 5.92 Å². The predicted octanol–water partition coefficient (Wildman–Crippen LogP) is 2.75.